The molecule has 1 aliphatic rings. The molecule has 164 valence electrons. The summed E-state index contributed by atoms with van der Waals surface area (Å²) in [5.74, 6) is -1.06. The lowest BCUT2D eigenvalue weighted by Gasteiger charge is -2.18. The van der Waals surface area contributed by atoms with E-state index >= 15 is 0 Å². The summed E-state index contributed by atoms with van der Waals surface area (Å²) < 4.78 is 69.5. The molecular formula is C20H18F3N3O4S. The first kappa shape index (κ1) is 22.6. The van der Waals surface area contributed by atoms with Gasteiger partial charge in [0, 0.05) is 18.7 Å². The van der Waals surface area contributed by atoms with Gasteiger partial charge < -0.3 is 10.1 Å². The Balaban J connectivity index is 1.95. The Morgan fingerprint density at radius 1 is 1.16 bits per heavy atom. The highest BCUT2D eigenvalue weighted by atomic mass is 32.2. The van der Waals surface area contributed by atoms with E-state index in [1.54, 1.807) is 0 Å². The van der Waals surface area contributed by atoms with Crippen LogP contribution in [0.15, 0.2) is 47.4 Å². The van der Waals surface area contributed by atoms with Crippen LogP contribution in [0.4, 0.5) is 18.9 Å². The number of sulfonamides is 1. The number of rotatable bonds is 6. The molecule has 1 aliphatic heterocycles. The number of carbonyl (C=O) groups excluding carboxylic acids is 1. The number of hydrogen-bond donors (Lipinski definition) is 1. The topological polar surface area (TPSA) is 99.5 Å². The monoisotopic (exact) mass is 453 g/mol. The van der Waals surface area contributed by atoms with Gasteiger partial charge in [0.2, 0.25) is 10.0 Å². The molecule has 31 heavy (non-hydrogen) atoms. The zero-order valence-electron chi connectivity index (χ0n) is 16.1. The van der Waals surface area contributed by atoms with Crippen molar-refractivity contribution in [3.63, 3.8) is 0 Å². The van der Waals surface area contributed by atoms with E-state index < -0.39 is 28.7 Å². The van der Waals surface area contributed by atoms with E-state index in [1.807, 2.05) is 6.07 Å². The van der Waals surface area contributed by atoms with E-state index in [-0.39, 0.29) is 27.5 Å². The fraction of sp³-hybridized carbons (Fsp3) is 0.300. The van der Waals surface area contributed by atoms with Gasteiger partial charge in [-0.2, -0.15) is 22.7 Å². The molecule has 1 amide bonds. The molecule has 0 radical (unpaired) electrons. The maximum atomic E-state index is 12.8. The normalized spacial score (nSPS) is 14.8. The quantitative estimate of drug-likeness (QED) is 0.721. The van der Waals surface area contributed by atoms with Gasteiger partial charge in [-0.15, -0.1) is 0 Å². The van der Waals surface area contributed by atoms with Gasteiger partial charge in [0.1, 0.15) is 5.75 Å². The molecule has 1 N–H and O–H groups in total. The Morgan fingerprint density at radius 2 is 1.87 bits per heavy atom. The van der Waals surface area contributed by atoms with E-state index in [2.05, 4.69) is 5.32 Å². The average Bonchev–Trinajstić information content (AvgIpc) is 3.28. The minimum atomic E-state index is -4.62. The third kappa shape index (κ3) is 5.53. The van der Waals surface area contributed by atoms with Crippen LogP contribution in [-0.2, 0) is 10.0 Å². The van der Waals surface area contributed by atoms with Crippen LogP contribution in [0.5, 0.6) is 5.75 Å². The molecule has 0 aromatic heterocycles. The number of amides is 1. The lowest BCUT2D eigenvalue weighted by Crippen LogP contribution is -2.28. The molecule has 0 saturated carbocycles. The number of hydrogen-bond acceptors (Lipinski definition) is 5. The van der Waals surface area contributed by atoms with Crippen LogP contribution in [0, 0.1) is 11.3 Å². The SMILES string of the molecule is N#Cc1cccc(C(=O)Nc2cc(S(=O)(=O)N3CCCC3)ccc2OCC(F)(F)F)c1. The first-order chi connectivity index (χ1) is 14.6. The lowest BCUT2D eigenvalue weighted by molar-refractivity contribution is -0.153. The molecule has 0 bridgehead atoms. The van der Waals surface area contributed by atoms with Gasteiger partial charge in [-0.3, -0.25) is 4.79 Å². The maximum absolute atomic E-state index is 12.8. The van der Waals surface area contributed by atoms with Crippen molar-refractivity contribution in [2.24, 2.45) is 0 Å². The Morgan fingerprint density at radius 3 is 2.52 bits per heavy atom. The molecule has 0 unspecified atom stereocenters. The highest BCUT2D eigenvalue weighted by Gasteiger charge is 2.31. The molecule has 0 aliphatic carbocycles. The average molecular weight is 453 g/mol. The summed E-state index contributed by atoms with van der Waals surface area (Å²) in [5, 5.41) is 11.4. The molecule has 0 atom stereocenters. The van der Waals surface area contributed by atoms with Gasteiger partial charge in [0.05, 0.1) is 22.2 Å². The summed E-state index contributed by atoms with van der Waals surface area (Å²) in [6, 6.07) is 10.9. The van der Waals surface area contributed by atoms with E-state index in [4.69, 9.17) is 10.00 Å². The Bertz CT molecular complexity index is 1120. The van der Waals surface area contributed by atoms with Crippen LogP contribution < -0.4 is 10.1 Å². The van der Waals surface area contributed by atoms with Crippen LogP contribution in [0.25, 0.3) is 0 Å². The van der Waals surface area contributed by atoms with Gasteiger partial charge >= 0.3 is 6.18 Å². The Kier molecular flexibility index (Phi) is 6.52. The smallest absolute Gasteiger partial charge is 0.422 e. The van der Waals surface area contributed by atoms with Crippen molar-refractivity contribution < 1.29 is 31.1 Å². The minimum absolute atomic E-state index is 0.0774. The van der Waals surface area contributed by atoms with Crippen molar-refractivity contribution >= 4 is 21.6 Å². The Hall–Kier alpha value is -3.10. The molecule has 0 spiro atoms. The number of nitrogens with one attached hydrogen (secondary N) is 1. The van der Waals surface area contributed by atoms with E-state index in [0.717, 1.165) is 18.2 Å². The lowest BCUT2D eigenvalue weighted by atomic mass is 10.1. The van der Waals surface area contributed by atoms with E-state index in [0.29, 0.717) is 25.9 Å². The molecule has 7 nitrogen and oxygen atoms in total. The van der Waals surface area contributed by atoms with Crippen molar-refractivity contribution in [1.29, 1.82) is 5.26 Å². The summed E-state index contributed by atoms with van der Waals surface area (Å²) in [4.78, 5) is 12.4. The number of alkyl halides is 3. The third-order valence-electron chi connectivity index (χ3n) is 4.55. The molecular weight excluding hydrogens is 435 g/mol. The number of benzene rings is 2. The summed E-state index contributed by atoms with van der Waals surface area (Å²) in [6.07, 6.45) is -3.20. The second-order valence-corrected chi connectivity index (χ2v) is 8.76. The van der Waals surface area contributed by atoms with Gasteiger partial charge in [-0.05, 0) is 49.2 Å². The molecule has 2 aromatic carbocycles. The first-order valence-electron chi connectivity index (χ1n) is 9.25. The van der Waals surface area contributed by atoms with Crippen LogP contribution in [0.3, 0.4) is 0 Å². The number of nitriles is 1. The van der Waals surface area contributed by atoms with Gasteiger partial charge in [-0.1, -0.05) is 6.07 Å². The largest absolute Gasteiger partial charge is 0.482 e. The second kappa shape index (κ2) is 8.95. The summed E-state index contributed by atoms with van der Waals surface area (Å²) >= 11 is 0. The summed E-state index contributed by atoms with van der Waals surface area (Å²) in [6.45, 7) is -0.924. The summed E-state index contributed by atoms with van der Waals surface area (Å²) in [5.41, 5.74) is 0.0667. The standard InChI is InChI=1S/C20H18F3N3O4S/c21-20(22,23)13-30-18-7-6-16(31(28,29)26-8-1-2-9-26)11-17(18)25-19(27)15-5-3-4-14(10-15)12-24/h3-7,10-11H,1-2,8-9,13H2,(H,25,27). The zero-order chi connectivity index (χ0) is 22.6. The third-order valence-corrected chi connectivity index (χ3v) is 6.44. The fourth-order valence-electron chi connectivity index (χ4n) is 3.05. The molecule has 1 fully saturated rings. The van der Waals surface area contributed by atoms with Crippen molar-refractivity contribution in [3.8, 4) is 11.8 Å². The van der Waals surface area contributed by atoms with Crippen molar-refractivity contribution in [2.75, 3.05) is 25.0 Å². The summed E-state index contributed by atoms with van der Waals surface area (Å²) in [7, 11) is -3.87. The maximum Gasteiger partial charge on any atom is 0.422 e. The van der Waals surface area contributed by atoms with Crippen LogP contribution in [0.1, 0.15) is 28.8 Å². The predicted molar refractivity (Wildman–Crippen MR) is 105 cm³/mol. The van der Waals surface area contributed by atoms with Crippen molar-refractivity contribution in [2.45, 2.75) is 23.9 Å². The molecule has 11 heteroatoms. The predicted octanol–water partition coefficient (Wildman–Crippen LogP) is 3.54. The van der Waals surface area contributed by atoms with Crippen LogP contribution in [-0.4, -0.2) is 44.5 Å². The molecule has 2 aromatic rings. The van der Waals surface area contributed by atoms with Crippen molar-refractivity contribution in [1.82, 2.24) is 4.31 Å². The highest BCUT2D eigenvalue weighted by molar-refractivity contribution is 7.89. The number of nitrogens with zero attached hydrogens (tertiary/aromatic N) is 2. The zero-order valence-corrected chi connectivity index (χ0v) is 17.0. The number of ether oxygens (including phenoxy) is 1. The van der Waals surface area contributed by atoms with Crippen molar-refractivity contribution in [3.05, 3.63) is 53.6 Å². The van der Waals surface area contributed by atoms with E-state index in [9.17, 15) is 26.4 Å². The number of anilines is 1. The van der Waals surface area contributed by atoms with Crippen LogP contribution in [0.2, 0.25) is 0 Å². The van der Waals surface area contributed by atoms with E-state index in [1.165, 1.54) is 28.6 Å². The molecule has 1 saturated heterocycles. The van der Waals surface area contributed by atoms with Gasteiger partial charge in [0.25, 0.3) is 5.91 Å². The van der Waals surface area contributed by atoms with Crippen LogP contribution >= 0.6 is 0 Å². The molecule has 1 heterocycles. The number of carbonyl (C=O) groups is 1. The number of halogens is 3. The molecule has 3 rings (SSSR count). The minimum Gasteiger partial charge on any atom is -0.482 e. The second-order valence-electron chi connectivity index (χ2n) is 6.82. The first-order valence-corrected chi connectivity index (χ1v) is 10.7. The fourth-order valence-corrected chi connectivity index (χ4v) is 4.60. The van der Waals surface area contributed by atoms with Gasteiger partial charge in [-0.25, -0.2) is 8.42 Å². The van der Waals surface area contributed by atoms with Gasteiger partial charge in [0.15, 0.2) is 6.61 Å². The Labute approximate surface area is 177 Å². The highest BCUT2D eigenvalue weighted by Crippen LogP contribution is 2.32.